The molecule has 4 atom stereocenters. The van der Waals surface area contributed by atoms with Gasteiger partial charge in [0.15, 0.2) is 17.0 Å². The summed E-state index contributed by atoms with van der Waals surface area (Å²) < 4.78 is 0. The minimum atomic E-state index is -1.91. The molecule has 1 aliphatic rings. The number of rotatable bonds is 6. The van der Waals surface area contributed by atoms with Crippen molar-refractivity contribution in [2.24, 2.45) is 17.3 Å². The highest BCUT2D eigenvalue weighted by Gasteiger charge is 2.62. The first-order valence-corrected chi connectivity index (χ1v) is 13.3. The van der Waals surface area contributed by atoms with E-state index in [0.29, 0.717) is 11.1 Å². The van der Waals surface area contributed by atoms with Crippen LogP contribution in [0, 0.1) is 39.9 Å². The third kappa shape index (κ3) is 4.43. The minimum Gasteiger partial charge on any atom is -0.294 e. The summed E-state index contributed by atoms with van der Waals surface area (Å²) in [6.45, 7) is 0. The highest BCUT2D eigenvalue weighted by Crippen LogP contribution is 2.63. The van der Waals surface area contributed by atoms with E-state index in [1.54, 1.807) is 48.5 Å². The van der Waals surface area contributed by atoms with E-state index in [4.69, 9.17) is 0 Å². The largest absolute Gasteiger partial charge is 0.294 e. The van der Waals surface area contributed by atoms with E-state index in [2.05, 4.69) is 12.1 Å². The van der Waals surface area contributed by atoms with Gasteiger partial charge in [-0.2, -0.15) is 10.5 Å². The van der Waals surface area contributed by atoms with Gasteiger partial charge in [-0.1, -0.05) is 121 Å². The second-order valence-corrected chi connectivity index (χ2v) is 10.6. The van der Waals surface area contributed by atoms with E-state index in [9.17, 15) is 20.1 Å². The number of hydrogen-bond donors (Lipinski definition) is 0. The molecule has 0 saturated carbocycles. The monoisotopic (exact) mass is 512 g/mol. The third-order valence-electron chi connectivity index (χ3n) is 7.19. The maximum absolute atomic E-state index is 14.2. The van der Waals surface area contributed by atoms with Gasteiger partial charge in [0.1, 0.15) is 0 Å². The van der Waals surface area contributed by atoms with Crippen LogP contribution < -0.4 is 0 Å². The van der Waals surface area contributed by atoms with Crippen LogP contribution in [0.15, 0.2) is 121 Å². The zero-order valence-electron chi connectivity index (χ0n) is 20.5. The Balaban J connectivity index is 1.78. The second kappa shape index (κ2) is 10.9. The van der Waals surface area contributed by atoms with Crippen LogP contribution in [-0.4, -0.2) is 11.6 Å². The lowest BCUT2D eigenvalue weighted by atomic mass is 9.60. The summed E-state index contributed by atoms with van der Waals surface area (Å²) in [6, 6.07) is 41.0. The first-order chi connectivity index (χ1) is 18.6. The zero-order valence-corrected chi connectivity index (χ0v) is 21.3. The van der Waals surface area contributed by atoms with Crippen LogP contribution in [-0.2, 0) is 0 Å². The first kappa shape index (κ1) is 25.2. The normalized spacial score (nSPS) is 21.9. The standard InChI is InChI=1S/C33H24N2O2S/c34-21-33(22-35)27(29(36)23-13-5-1-6-14-23)31(25-17-9-3-10-18-25)38-32(26-19-11-4-12-20-26)28(33)30(37)24-15-7-2-8-16-24/h1-20,27-28,31-32H. The molecule has 4 aromatic carbocycles. The van der Waals surface area contributed by atoms with E-state index < -0.39 is 27.8 Å². The molecule has 1 heterocycles. The van der Waals surface area contributed by atoms with Gasteiger partial charge in [-0.3, -0.25) is 9.59 Å². The van der Waals surface area contributed by atoms with E-state index in [0.717, 1.165) is 11.1 Å². The van der Waals surface area contributed by atoms with Crippen molar-refractivity contribution in [3.8, 4) is 12.1 Å². The zero-order chi connectivity index (χ0) is 26.5. The van der Waals surface area contributed by atoms with Crippen molar-refractivity contribution in [3.63, 3.8) is 0 Å². The lowest BCUT2D eigenvalue weighted by Gasteiger charge is -2.47. The smallest absolute Gasteiger partial charge is 0.170 e. The summed E-state index contributed by atoms with van der Waals surface area (Å²) in [5.41, 5.74) is 0.601. The molecule has 4 nitrogen and oxygen atoms in total. The molecule has 1 fully saturated rings. The summed E-state index contributed by atoms with van der Waals surface area (Å²) in [4.78, 5) is 28.5. The second-order valence-electron chi connectivity index (χ2n) is 9.31. The molecular formula is C33H24N2O2S. The molecule has 0 amide bonds. The number of hydrogen-bond acceptors (Lipinski definition) is 5. The lowest BCUT2D eigenvalue weighted by Crippen LogP contribution is -2.50. The van der Waals surface area contributed by atoms with Crippen molar-refractivity contribution in [3.05, 3.63) is 144 Å². The summed E-state index contributed by atoms with van der Waals surface area (Å²) >= 11 is 1.49. The number of Topliss-reactive ketones (excluding diaryl/α,β-unsaturated/α-hetero) is 2. The van der Waals surface area contributed by atoms with Crippen LogP contribution >= 0.6 is 11.8 Å². The molecular weight excluding hydrogens is 488 g/mol. The highest BCUT2D eigenvalue weighted by molar-refractivity contribution is 7.99. The molecule has 0 aromatic heterocycles. The van der Waals surface area contributed by atoms with Crippen LogP contribution in [0.4, 0.5) is 0 Å². The van der Waals surface area contributed by atoms with Crippen LogP contribution in [0.25, 0.3) is 0 Å². The predicted octanol–water partition coefficient (Wildman–Crippen LogP) is 7.25. The summed E-state index contributed by atoms with van der Waals surface area (Å²) in [7, 11) is 0. The van der Waals surface area contributed by atoms with Gasteiger partial charge in [0.25, 0.3) is 0 Å². The number of nitrogens with zero attached hydrogens (tertiary/aromatic N) is 2. The maximum atomic E-state index is 14.2. The molecule has 184 valence electrons. The number of benzene rings is 4. The van der Waals surface area contributed by atoms with Gasteiger partial charge in [0.05, 0.1) is 24.0 Å². The molecule has 4 aromatic rings. The number of thioether (sulfide) groups is 1. The van der Waals surface area contributed by atoms with E-state index in [-0.39, 0.29) is 11.6 Å². The molecule has 0 spiro atoms. The molecule has 5 rings (SSSR count). The van der Waals surface area contributed by atoms with Gasteiger partial charge in [-0.15, -0.1) is 11.8 Å². The molecule has 0 bridgehead atoms. The fourth-order valence-electron chi connectivity index (χ4n) is 5.37. The van der Waals surface area contributed by atoms with Crippen molar-refractivity contribution in [2.45, 2.75) is 10.5 Å². The summed E-state index contributed by atoms with van der Waals surface area (Å²) in [5, 5.41) is 20.6. The van der Waals surface area contributed by atoms with Gasteiger partial charge in [0.2, 0.25) is 0 Å². The average Bonchev–Trinajstić information content (AvgIpc) is 3.01. The van der Waals surface area contributed by atoms with Crippen molar-refractivity contribution >= 4 is 23.3 Å². The topological polar surface area (TPSA) is 81.7 Å². The Morgan fingerprint density at radius 3 is 1.18 bits per heavy atom. The van der Waals surface area contributed by atoms with Crippen LogP contribution in [0.2, 0.25) is 0 Å². The molecule has 1 aliphatic heterocycles. The number of nitriles is 2. The first-order valence-electron chi connectivity index (χ1n) is 12.4. The van der Waals surface area contributed by atoms with Crippen LogP contribution in [0.1, 0.15) is 42.3 Å². The van der Waals surface area contributed by atoms with Gasteiger partial charge >= 0.3 is 0 Å². The minimum absolute atomic E-state index is 0.313. The van der Waals surface area contributed by atoms with E-state index >= 15 is 0 Å². The number of ketones is 2. The fraction of sp³-hybridized carbons (Fsp3) is 0.152. The number of carbonyl (C=O) groups is 2. The van der Waals surface area contributed by atoms with Gasteiger partial charge in [-0.25, -0.2) is 0 Å². The van der Waals surface area contributed by atoms with Crippen molar-refractivity contribution in [2.75, 3.05) is 0 Å². The lowest BCUT2D eigenvalue weighted by molar-refractivity contribution is 0.0690. The molecule has 0 aliphatic carbocycles. The van der Waals surface area contributed by atoms with Crippen LogP contribution in [0.3, 0.4) is 0 Å². The molecule has 0 radical (unpaired) electrons. The maximum Gasteiger partial charge on any atom is 0.170 e. The average molecular weight is 513 g/mol. The van der Waals surface area contributed by atoms with Crippen molar-refractivity contribution < 1.29 is 9.59 Å². The molecule has 4 unspecified atom stereocenters. The number of carbonyl (C=O) groups excluding carboxylic acids is 2. The highest BCUT2D eigenvalue weighted by atomic mass is 32.2. The van der Waals surface area contributed by atoms with Gasteiger partial charge in [0, 0.05) is 21.6 Å². The fourth-order valence-corrected chi connectivity index (χ4v) is 7.30. The molecule has 38 heavy (non-hydrogen) atoms. The van der Waals surface area contributed by atoms with E-state index in [1.807, 2.05) is 72.8 Å². The predicted molar refractivity (Wildman–Crippen MR) is 148 cm³/mol. The summed E-state index contributed by atoms with van der Waals surface area (Å²) in [6.07, 6.45) is 0. The molecule has 1 saturated heterocycles. The van der Waals surface area contributed by atoms with Gasteiger partial charge in [-0.05, 0) is 11.1 Å². The van der Waals surface area contributed by atoms with Crippen molar-refractivity contribution in [1.29, 1.82) is 10.5 Å². The Hall–Kier alpha value is -4.45. The Morgan fingerprint density at radius 2 is 0.868 bits per heavy atom. The Bertz CT molecular complexity index is 1390. The molecule has 5 heteroatoms. The third-order valence-corrected chi connectivity index (χ3v) is 8.86. The summed E-state index contributed by atoms with van der Waals surface area (Å²) in [5.74, 6) is -2.75. The van der Waals surface area contributed by atoms with Gasteiger partial charge < -0.3 is 0 Å². The van der Waals surface area contributed by atoms with E-state index in [1.165, 1.54) is 11.8 Å². The Kier molecular flexibility index (Phi) is 7.22. The Labute approximate surface area is 226 Å². The quantitative estimate of drug-likeness (QED) is 0.254. The van der Waals surface area contributed by atoms with Crippen molar-refractivity contribution in [1.82, 2.24) is 0 Å². The Morgan fingerprint density at radius 1 is 0.553 bits per heavy atom. The van der Waals surface area contributed by atoms with Crippen LogP contribution in [0.5, 0.6) is 0 Å². The SMILES string of the molecule is N#CC1(C#N)C(C(=O)c2ccccc2)C(c2ccccc2)SC(c2ccccc2)C1C(=O)c1ccccc1. The molecule has 0 N–H and O–H groups in total.